The fourth-order valence-corrected chi connectivity index (χ4v) is 5.87. The van der Waals surface area contributed by atoms with Gasteiger partial charge in [-0.3, -0.25) is 4.79 Å². The molecule has 1 spiro atoms. The van der Waals surface area contributed by atoms with E-state index in [1.54, 1.807) is 11.5 Å². The molecule has 3 aromatic rings. The van der Waals surface area contributed by atoms with Crippen LogP contribution in [0.3, 0.4) is 0 Å². The standard InChI is InChI=1S/C24H19FN2O4/c1-10-12-4-3-5-13-14-8-27-19(21(14)26-18(20(12)13)7-17(10)25)6-16-15(22(27)28)9-30-23(29)24(16)11(2)31-24/h6-7,11H,3-5,8-9H2,1-2H3/t11?,24-/m0/s1. The second-order valence-corrected chi connectivity index (χ2v) is 9.01. The number of halogens is 1. The number of epoxide rings is 1. The number of nitrogens with zero attached hydrogens (tertiary/aromatic N) is 2. The quantitative estimate of drug-likeness (QED) is 0.324. The monoisotopic (exact) mass is 418 g/mol. The normalized spacial score (nSPS) is 24.7. The van der Waals surface area contributed by atoms with E-state index in [1.165, 1.54) is 11.6 Å². The number of fused-ring (bicyclic) bond motifs is 6. The lowest BCUT2D eigenvalue weighted by Gasteiger charge is -2.23. The van der Waals surface area contributed by atoms with Gasteiger partial charge in [-0.15, -0.1) is 0 Å². The highest BCUT2D eigenvalue weighted by Gasteiger charge is 2.65. The third kappa shape index (κ3) is 1.94. The van der Waals surface area contributed by atoms with Crippen LogP contribution < -0.4 is 5.56 Å². The Hall–Kier alpha value is -3.06. The van der Waals surface area contributed by atoms with Gasteiger partial charge in [0.25, 0.3) is 5.56 Å². The predicted molar refractivity (Wildman–Crippen MR) is 109 cm³/mol. The summed E-state index contributed by atoms with van der Waals surface area (Å²) in [4.78, 5) is 30.7. The number of hydrogen-bond acceptors (Lipinski definition) is 5. The number of esters is 1. The maximum absolute atomic E-state index is 14.6. The molecule has 3 aliphatic heterocycles. The summed E-state index contributed by atoms with van der Waals surface area (Å²) in [5.74, 6) is -0.690. The molecule has 0 amide bonds. The van der Waals surface area contributed by atoms with Crippen LogP contribution in [0.2, 0.25) is 0 Å². The number of benzene rings is 1. The Labute approximate surface area is 176 Å². The minimum Gasteiger partial charge on any atom is -0.458 e. The van der Waals surface area contributed by atoms with E-state index in [4.69, 9.17) is 14.5 Å². The zero-order chi connectivity index (χ0) is 21.2. The fourth-order valence-electron chi connectivity index (χ4n) is 5.87. The van der Waals surface area contributed by atoms with Gasteiger partial charge in [0.2, 0.25) is 5.60 Å². The van der Waals surface area contributed by atoms with Crippen molar-refractivity contribution in [2.24, 2.45) is 0 Å². The third-order valence-electron chi connectivity index (χ3n) is 7.56. The molecule has 1 aromatic carbocycles. The topological polar surface area (TPSA) is 73.7 Å². The maximum atomic E-state index is 14.6. The SMILES string of the molecule is Cc1c(F)cc2nc3c(c4c2c1CCC4)Cn1c-3cc2c(c1=O)COC(=O)[C@@]21OC1C. The van der Waals surface area contributed by atoms with Crippen LogP contribution in [0, 0.1) is 12.7 Å². The number of pyridine rings is 2. The van der Waals surface area contributed by atoms with Crippen molar-refractivity contribution in [3.63, 3.8) is 0 Å². The molecule has 31 heavy (non-hydrogen) atoms. The minimum absolute atomic E-state index is 0.0434. The summed E-state index contributed by atoms with van der Waals surface area (Å²) in [6.45, 7) is 4.02. The molecular weight excluding hydrogens is 399 g/mol. The van der Waals surface area contributed by atoms with E-state index in [1.807, 2.05) is 13.0 Å². The van der Waals surface area contributed by atoms with Crippen LogP contribution in [0.1, 0.15) is 46.7 Å². The zero-order valence-electron chi connectivity index (χ0n) is 17.2. The van der Waals surface area contributed by atoms with E-state index >= 15 is 0 Å². The van der Waals surface area contributed by atoms with Gasteiger partial charge >= 0.3 is 5.97 Å². The molecule has 5 heterocycles. The predicted octanol–water partition coefficient (Wildman–Crippen LogP) is 3.03. The van der Waals surface area contributed by atoms with Gasteiger partial charge < -0.3 is 14.0 Å². The molecule has 2 aromatic heterocycles. The van der Waals surface area contributed by atoms with Crippen LogP contribution in [0.4, 0.5) is 4.39 Å². The number of rotatable bonds is 0. The molecule has 0 bridgehead atoms. The number of ether oxygens (including phenoxy) is 2. The Balaban J connectivity index is 1.55. The number of aryl methyl sites for hydroxylation is 2. The van der Waals surface area contributed by atoms with Gasteiger partial charge in [0.1, 0.15) is 18.5 Å². The van der Waals surface area contributed by atoms with E-state index in [2.05, 4.69) is 0 Å². The second-order valence-electron chi connectivity index (χ2n) is 9.01. The number of aromatic nitrogens is 2. The average Bonchev–Trinajstić information content (AvgIpc) is 3.28. The van der Waals surface area contributed by atoms with E-state index < -0.39 is 11.6 Å². The lowest BCUT2D eigenvalue weighted by Crippen LogP contribution is -2.38. The highest BCUT2D eigenvalue weighted by molar-refractivity contribution is 5.93. The zero-order valence-corrected chi connectivity index (χ0v) is 17.2. The van der Waals surface area contributed by atoms with Crippen molar-refractivity contribution in [3.05, 3.63) is 61.7 Å². The van der Waals surface area contributed by atoms with Gasteiger partial charge in [-0.2, -0.15) is 0 Å². The van der Waals surface area contributed by atoms with Crippen molar-refractivity contribution in [1.29, 1.82) is 0 Å². The molecule has 4 aliphatic rings. The minimum atomic E-state index is -1.19. The summed E-state index contributed by atoms with van der Waals surface area (Å²) in [6.07, 6.45) is 2.33. The molecule has 0 N–H and O–H groups in total. The van der Waals surface area contributed by atoms with Gasteiger partial charge in [0.05, 0.1) is 29.0 Å². The van der Waals surface area contributed by atoms with Crippen LogP contribution in [-0.4, -0.2) is 21.6 Å². The van der Waals surface area contributed by atoms with Crippen molar-refractivity contribution in [2.45, 2.75) is 58.0 Å². The molecular formula is C24H19FN2O4. The van der Waals surface area contributed by atoms with E-state index in [9.17, 15) is 14.0 Å². The third-order valence-corrected chi connectivity index (χ3v) is 7.56. The molecule has 156 valence electrons. The van der Waals surface area contributed by atoms with E-state index in [0.29, 0.717) is 40.1 Å². The first-order valence-corrected chi connectivity index (χ1v) is 10.7. The first kappa shape index (κ1) is 17.6. The smallest absolute Gasteiger partial charge is 0.346 e. The Morgan fingerprint density at radius 3 is 2.71 bits per heavy atom. The molecule has 1 saturated heterocycles. The Kier molecular flexibility index (Phi) is 3.07. The lowest BCUT2D eigenvalue weighted by atomic mass is 9.84. The van der Waals surface area contributed by atoms with Gasteiger partial charge in [0.15, 0.2) is 0 Å². The molecule has 1 fully saturated rings. The fraction of sp³-hybridized carbons (Fsp3) is 0.375. The largest absolute Gasteiger partial charge is 0.458 e. The summed E-state index contributed by atoms with van der Waals surface area (Å²) < 4.78 is 27.3. The lowest BCUT2D eigenvalue weighted by molar-refractivity contribution is -0.154. The highest BCUT2D eigenvalue weighted by Crippen LogP contribution is 2.51. The number of cyclic esters (lactones) is 1. The van der Waals surface area contributed by atoms with Gasteiger partial charge in [0, 0.05) is 22.6 Å². The average molecular weight is 418 g/mol. The molecule has 1 unspecified atom stereocenters. The second kappa shape index (κ2) is 5.40. The number of carbonyl (C=O) groups excluding carboxylic acids is 1. The van der Waals surface area contributed by atoms with Crippen molar-refractivity contribution < 1.29 is 18.7 Å². The van der Waals surface area contributed by atoms with Gasteiger partial charge in [-0.05, 0) is 55.9 Å². The Morgan fingerprint density at radius 2 is 1.94 bits per heavy atom. The molecule has 7 heteroatoms. The first-order chi connectivity index (χ1) is 14.9. The molecule has 7 rings (SSSR count). The molecule has 0 saturated carbocycles. The number of hydrogen-bond donors (Lipinski definition) is 0. The highest BCUT2D eigenvalue weighted by atomic mass is 19.1. The van der Waals surface area contributed by atoms with Crippen LogP contribution in [0.25, 0.3) is 22.3 Å². The Morgan fingerprint density at radius 1 is 1.16 bits per heavy atom. The summed E-state index contributed by atoms with van der Waals surface area (Å²) in [5, 5.41) is 1.05. The van der Waals surface area contributed by atoms with Crippen LogP contribution >= 0.6 is 0 Å². The summed E-state index contributed by atoms with van der Waals surface area (Å²) in [5.41, 5.74) is 5.64. The van der Waals surface area contributed by atoms with Crippen molar-refractivity contribution in [1.82, 2.24) is 9.55 Å². The Bertz CT molecular complexity index is 1460. The summed E-state index contributed by atoms with van der Waals surface area (Å²) in [6, 6.07) is 3.37. The van der Waals surface area contributed by atoms with Crippen LogP contribution in [0.5, 0.6) is 0 Å². The van der Waals surface area contributed by atoms with Crippen LogP contribution in [0.15, 0.2) is 16.9 Å². The van der Waals surface area contributed by atoms with Gasteiger partial charge in [-0.1, -0.05) is 0 Å². The molecule has 1 aliphatic carbocycles. The summed E-state index contributed by atoms with van der Waals surface area (Å²) >= 11 is 0. The maximum Gasteiger partial charge on any atom is 0.346 e. The molecule has 0 radical (unpaired) electrons. The van der Waals surface area contributed by atoms with Crippen molar-refractivity contribution >= 4 is 16.9 Å². The van der Waals surface area contributed by atoms with Gasteiger partial charge in [-0.25, -0.2) is 14.2 Å². The van der Waals surface area contributed by atoms with Crippen LogP contribution in [-0.2, 0) is 45.9 Å². The first-order valence-electron chi connectivity index (χ1n) is 10.7. The van der Waals surface area contributed by atoms with Crippen molar-refractivity contribution in [2.75, 3.05) is 0 Å². The molecule has 6 nitrogen and oxygen atoms in total. The number of carbonyl (C=O) groups is 1. The van der Waals surface area contributed by atoms with E-state index in [0.717, 1.165) is 35.8 Å². The van der Waals surface area contributed by atoms with Crippen molar-refractivity contribution in [3.8, 4) is 11.4 Å². The molecule has 2 atom stereocenters. The summed E-state index contributed by atoms with van der Waals surface area (Å²) in [7, 11) is 0. The van der Waals surface area contributed by atoms with E-state index in [-0.39, 0.29) is 24.1 Å².